The Morgan fingerprint density at radius 3 is 2.38 bits per heavy atom. The fourth-order valence-corrected chi connectivity index (χ4v) is 1.28. The molecule has 0 heterocycles. The Kier molecular flexibility index (Phi) is 3.90. The minimum Gasteiger partial charge on any atom is -0.478 e. The van der Waals surface area contributed by atoms with E-state index < -0.39 is 11.6 Å². The quantitative estimate of drug-likeness (QED) is 0.829. The average molecular weight is 224 g/mol. The fourth-order valence-electron chi connectivity index (χ4n) is 1.28. The van der Waals surface area contributed by atoms with Crippen LogP contribution >= 0.6 is 0 Å². The van der Waals surface area contributed by atoms with Crippen molar-refractivity contribution in [2.75, 3.05) is 13.7 Å². The number of carboxylic acids is 1. The van der Waals surface area contributed by atoms with Gasteiger partial charge in [0.1, 0.15) is 5.75 Å². The number of benzene rings is 1. The van der Waals surface area contributed by atoms with Crippen LogP contribution in [-0.2, 0) is 9.53 Å². The van der Waals surface area contributed by atoms with Gasteiger partial charge in [0.25, 0.3) is 0 Å². The van der Waals surface area contributed by atoms with Gasteiger partial charge in [-0.25, -0.2) is 4.79 Å². The van der Waals surface area contributed by atoms with Crippen LogP contribution in [-0.4, -0.2) is 30.4 Å². The molecule has 0 aliphatic rings. The van der Waals surface area contributed by atoms with Crippen LogP contribution in [0.4, 0.5) is 0 Å². The third kappa shape index (κ3) is 2.97. The number of carbonyl (C=O) groups is 1. The first-order chi connectivity index (χ1) is 7.48. The summed E-state index contributed by atoms with van der Waals surface area (Å²) in [5, 5.41) is 9.07. The molecule has 0 aromatic heterocycles. The predicted octanol–water partition coefficient (Wildman–Crippen LogP) is 1.86. The molecule has 1 unspecified atom stereocenters. The molecular weight excluding hydrogens is 208 g/mol. The smallest absolute Gasteiger partial charge is 0.350 e. The Morgan fingerprint density at radius 2 is 1.94 bits per heavy atom. The molecule has 0 aliphatic heterocycles. The molecule has 1 atom stereocenters. The first kappa shape index (κ1) is 12.5. The highest BCUT2D eigenvalue weighted by Gasteiger charge is 2.35. The normalized spacial score (nSPS) is 14.2. The Hall–Kier alpha value is -1.55. The fraction of sp³-hybridized carbons (Fsp3) is 0.417. The Morgan fingerprint density at radius 1 is 1.38 bits per heavy atom. The van der Waals surface area contributed by atoms with Crippen molar-refractivity contribution < 1.29 is 19.4 Å². The maximum absolute atomic E-state index is 11.1. The van der Waals surface area contributed by atoms with Gasteiger partial charge in [0.15, 0.2) is 0 Å². The second-order valence-corrected chi connectivity index (χ2v) is 3.88. The molecule has 1 N–H and O–H groups in total. The monoisotopic (exact) mass is 224 g/mol. The number of methoxy groups -OCH3 is 1. The molecule has 0 spiro atoms. The molecule has 16 heavy (non-hydrogen) atoms. The van der Waals surface area contributed by atoms with Gasteiger partial charge in [-0.3, -0.25) is 0 Å². The van der Waals surface area contributed by atoms with Crippen LogP contribution in [0.5, 0.6) is 5.75 Å². The number of rotatable bonds is 5. The number of aliphatic carboxylic acids is 1. The summed E-state index contributed by atoms with van der Waals surface area (Å²) in [4.78, 5) is 11.1. The van der Waals surface area contributed by atoms with Crippen molar-refractivity contribution in [1.82, 2.24) is 0 Å². The van der Waals surface area contributed by atoms with Crippen molar-refractivity contribution in [3.8, 4) is 5.75 Å². The van der Waals surface area contributed by atoms with Crippen molar-refractivity contribution in [1.29, 1.82) is 0 Å². The maximum atomic E-state index is 11.1. The van der Waals surface area contributed by atoms with Crippen LogP contribution in [0.1, 0.15) is 12.5 Å². The maximum Gasteiger partial charge on any atom is 0.350 e. The number of hydrogen-bond donors (Lipinski definition) is 1. The molecule has 1 rings (SSSR count). The molecule has 4 nitrogen and oxygen atoms in total. The second-order valence-electron chi connectivity index (χ2n) is 3.88. The molecule has 0 amide bonds. The minimum atomic E-state index is -1.36. The third-order valence-corrected chi connectivity index (χ3v) is 2.24. The lowest BCUT2D eigenvalue weighted by atomic mass is 10.1. The van der Waals surface area contributed by atoms with E-state index in [2.05, 4.69) is 0 Å². The van der Waals surface area contributed by atoms with Crippen molar-refractivity contribution in [3.63, 3.8) is 0 Å². The zero-order valence-electron chi connectivity index (χ0n) is 9.69. The molecule has 0 radical (unpaired) electrons. The largest absolute Gasteiger partial charge is 0.478 e. The van der Waals surface area contributed by atoms with Crippen molar-refractivity contribution in [3.05, 3.63) is 29.8 Å². The average Bonchev–Trinajstić information content (AvgIpc) is 2.22. The van der Waals surface area contributed by atoms with Crippen LogP contribution in [0.3, 0.4) is 0 Å². The third-order valence-electron chi connectivity index (χ3n) is 2.24. The first-order valence-electron chi connectivity index (χ1n) is 4.96. The van der Waals surface area contributed by atoms with Crippen LogP contribution in [0, 0.1) is 6.92 Å². The highest BCUT2D eigenvalue weighted by molar-refractivity contribution is 5.77. The molecule has 0 aliphatic carbocycles. The lowest BCUT2D eigenvalue weighted by molar-refractivity contribution is -0.158. The van der Waals surface area contributed by atoms with Gasteiger partial charge in [-0.15, -0.1) is 0 Å². The molecule has 1 aromatic carbocycles. The summed E-state index contributed by atoms with van der Waals surface area (Å²) in [6, 6.07) is 7.22. The van der Waals surface area contributed by atoms with Gasteiger partial charge in [-0.2, -0.15) is 0 Å². The highest BCUT2D eigenvalue weighted by atomic mass is 16.6. The lowest BCUT2D eigenvalue weighted by Gasteiger charge is -2.25. The van der Waals surface area contributed by atoms with Crippen LogP contribution < -0.4 is 4.74 Å². The molecular formula is C12H16O4. The van der Waals surface area contributed by atoms with E-state index in [9.17, 15) is 4.79 Å². The van der Waals surface area contributed by atoms with Crippen molar-refractivity contribution >= 4 is 5.97 Å². The zero-order valence-corrected chi connectivity index (χ0v) is 9.69. The molecule has 88 valence electrons. The summed E-state index contributed by atoms with van der Waals surface area (Å²) < 4.78 is 10.3. The van der Waals surface area contributed by atoms with E-state index in [0.29, 0.717) is 5.75 Å². The standard InChI is InChI=1S/C12H16O4/c1-9-4-6-10(7-5-9)16-12(2,8-15-3)11(13)14/h4-7H,8H2,1-3H3,(H,13,14). The predicted molar refractivity (Wildman–Crippen MR) is 59.7 cm³/mol. The summed E-state index contributed by atoms with van der Waals surface area (Å²) in [7, 11) is 1.44. The topological polar surface area (TPSA) is 55.8 Å². The summed E-state index contributed by atoms with van der Waals surface area (Å²) in [6.45, 7) is 3.43. The van der Waals surface area contributed by atoms with Gasteiger partial charge >= 0.3 is 5.97 Å². The van der Waals surface area contributed by atoms with E-state index in [-0.39, 0.29) is 6.61 Å². The van der Waals surface area contributed by atoms with Gasteiger partial charge < -0.3 is 14.6 Å². The first-order valence-corrected chi connectivity index (χ1v) is 4.96. The van der Waals surface area contributed by atoms with Gasteiger partial charge in [0.2, 0.25) is 5.60 Å². The van der Waals surface area contributed by atoms with Crippen LogP contribution in [0.15, 0.2) is 24.3 Å². The summed E-state index contributed by atoms with van der Waals surface area (Å²) in [5.74, 6) is -0.525. The number of carboxylic acid groups (broad SMARTS) is 1. The summed E-state index contributed by atoms with van der Waals surface area (Å²) >= 11 is 0. The van der Waals surface area contributed by atoms with Crippen molar-refractivity contribution in [2.45, 2.75) is 19.4 Å². The van der Waals surface area contributed by atoms with Gasteiger partial charge in [-0.05, 0) is 26.0 Å². The van der Waals surface area contributed by atoms with Crippen LogP contribution in [0.2, 0.25) is 0 Å². The van der Waals surface area contributed by atoms with E-state index >= 15 is 0 Å². The zero-order chi connectivity index (χ0) is 12.2. The minimum absolute atomic E-state index is 0.00376. The van der Waals surface area contributed by atoms with E-state index in [4.69, 9.17) is 14.6 Å². The number of ether oxygens (including phenoxy) is 2. The van der Waals surface area contributed by atoms with E-state index in [1.54, 1.807) is 12.1 Å². The van der Waals surface area contributed by atoms with Gasteiger partial charge in [0.05, 0.1) is 6.61 Å². The number of hydrogen-bond acceptors (Lipinski definition) is 3. The molecule has 1 aromatic rings. The Bertz CT molecular complexity index is 358. The van der Waals surface area contributed by atoms with Gasteiger partial charge in [0, 0.05) is 7.11 Å². The van der Waals surface area contributed by atoms with Crippen LogP contribution in [0.25, 0.3) is 0 Å². The Balaban J connectivity index is 2.83. The molecule has 0 saturated heterocycles. The van der Waals surface area contributed by atoms with E-state index in [1.165, 1.54) is 14.0 Å². The molecule has 4 heteroatoms. The number of aryl methyl sites for hydroxylation is 1. The molecule has 0 fully saturated rings. The summed E-state index contributed by atoms with van der Waals surface area (Å²) in [5.41, 5.74) is -0.264. The van der Waals surface area contributed by atoms with Crippen molar-refractivity contribution in [2.24, 2.45) is 0 Å². The van der Waals surface area contributed by atoms with E-state index in [1.807, 2.05) is 19.1 Å². The SMILES string of the molecule is COCC(C)(Oc1ccc(C)cc1)C(=O)O. The van der Waals surface area contributed by atoms with Gasteiger partial charge in [-0.1, -0.05) is 17.7 Å². The second kappa shape index (κ2) is 4.99. The lowest BCUT2D eigenvalue weighted by Crippen LogP contribution is -2.45. The molecule has 0 bridgehead atoms. The Labute approximate surface area is 94.8 Å². The van der Waals surface area contributed by atoms with E-state index in [0.717, 1.165) is 5.56 Å². The molecule has 0 saturated carbocycles. The summed E-state index contributed by atoms with van der Waals surface area (Å²) in [6.07, 6.45) is 0. The highest BCUT2D eigenvalue weighted by Crippen LogP contribution is 2.19.